The van der Waals surface area contributed by atoms with Crippen molar-refractivity contribution in [1.82, 2.24) is 9.55 Å². The third kappa shape index (κ3) is 4.27. The fourth-order valence-corrected chi connectivity index (χ4v) is 4.28. The number of nitrogens with zero attached hydrogens (tertiary/aromatic N) is 3. The highest BCUT2D eigenvalue weighted by atomic mass is 19.1. The number of fused-ring (bicyclic) bond motifs is 1. The van der Waals surface area contributed by atoms with Crippen molar-refractivity contribution in [3.8, 4) is 0 Å². The van der Waals surface area contributed by atoms with Crippen LogP contribution >= 0.6 is 0 Å². The van der Waals surface area contributed by atoms with Crippen molar-refractivity contribution >= 4 is 16.6 Å². The Morgan fingerprint density at radius 1 is 0.938 bits per heavy atom. The minimum absolute atomic E-state index is 0.146. The van der Waals surface area contributed by atoms with Crippen molar-refractivity contribution in [3.63, 3.8) is 0 Å². The van der Waals surface area contributed by atoms with Gasteiger partial charge in [0.2, 0.25) is 0 Å². The van der Waals surface area contributed by atoms with Crippen LogP contribution in [0.4, 0.5) is 10.1 Å². The van der Waals surface area contributed by atoms with Gasteiger partial charge < -0.3 is 9.47 Å². The summed E-state index contributed by atoms with van der Waals surface area (Å²) in [5, 5.41) is 1.24. The van der Waals surface area contributed by atoms with E-state index in [0.29, 0.717) is 6.54 Å². The molecule has 0 atom stereocenters. The van der Waals surface area contributed by atoms with Crippen LogP contribution < -0.4 is 4.90 Å². The summed E-state index contributed by atoms with van der Waals surface area (Å²) in [7, 11) is 2.02. The molecule has 0 amide bonds. The van der Waals surface area contributed by atoms with Gasteiger partial charge in [0, 0.05) is 36.6 Å². The first-order valence-corrected chi connectivity index (χ1v) is 11.1. The number of benzene rings is 2. The van der Waals surface area contributed by atoms with Crippen molar-refractivity contribution in [2.45, 2.75) is 53.1 Å². The number of aromatic nitrogens is 2. The predicted octanol–water partition coefficient (Wildman–Crippen LogP) is 6.77. The topological polar surface area (TPSA) is 21.1 Å². The van der Waals surface area contributed by atoms with E-state index >= 15 is 0 Å². The van der Waals surface area contributed by atoms with E-state index in [4.69, 9.17) is 4.98 Å². The van der Waals surface area contributed by atoms with Crippen LogP contribution in [0.15, 0.2) is 60.8 Å². The highest BCUT2D eigenvalue weighted by Crippen LogP contribution is 2.30. The van der Waals surface area contributed by atoms with Crippen LogP contribution in [-0.4, -0.2) is 16.6 Å². The van der Waals surface area contributed by atoms with Crippen LogP contribution in [0.1, 0.15) is 48.8 Å². The van der Waals surface area contributed by atoms with Crippen molar-refractivity contribution in [2.75, 3.05) is 11.9 Å². The van der Waals surface area contributed by atoms with Crippen LogP contribution in [0.25, 0.3) is 10.9 Å². The molecule has 2 heterocycles. The summed E-state index contributed by atoms with van der Waals surface area (Å²) >= 11 is 0. The average molecular weight is 430 g/mol. The number of aryl methyl sites for hydroxylation is 1. The second kappa shape index (κ2) is 8.42. The lowest BCUT2D eigenvalue weighted by molar-refractivity contribution is 0.590. The van der Waals surface area contributed by atoms with Crippen LogP contribution in [0.3, 0.4) is 0 Å². The molecule has 0 radical (unpaired) electrons. The molecule has 0 fully saturated rings. The molecule has 4 aromatic rings. The smallest absolute Gasteiger partial charge is 0.123 e. The monoisotopic (exact) mass is 429 g/mol. The Morgan fingerprint density at radius 3 is 2.22 bits per heavy atom. The largest absolute Gasteiger partial charge is 0.369 e. The third-order valence-corrected chi connectivity index (χ3v) is 6.44. The first-order chi connectivity index (χ1) is 15.1. The zero-order valence-corrected chi connectivity index (χ0v) is 19.9. The van der Waals surface area contributed by atoms with Gasteiger partial charge in [-0.3, -0.25) is 4.98 Å². The lowest BCUT2D eigenvalue weighted by atomic mass is 9.87. The van der Waals surface area contributed by atoms with E-state index in [2.05, 4.69) is 74.4 Å². The first-order valence-electron chi connectivity index (χ1n) is 11.1. The molecule has 0 saturated carbocycles. The number of anilines is 1. The number of hydrogen-bond acceptors (Lipinski definition) is 2. The van der Waals surface area contributed by atoms with E-state index in [1.54, 1.807) is 0 Å². The van der Waals surface area contributed by atoms with E-state index in [1.807, 2.05) is 25.4 Å². The molecule has 2 aromatic carbocycles. The highest BCUT2D eigenvalue weighted by Gasteiger charge is 2.18. The Labute approximate surface area is 190 Å². The summed E-state index contributed by atoms with van der Waals surface area (Å²) in [4.78, 5) is 6.87. The van der Waals surface area contributed by atoms with E-state index in [1.165, 1.54) is 45.4 Å². The van der Waals surface area contributed by atoms with Crippen molar-refractivity contribution in [3.05, 3.63) is 94.7 Å². The maximum Gasteiger partial charge on any atom is 0.123 e. The number of pyridine rings is 1. The van der Waals surface area contributed by atoms with Crippen molar-refractivity contribution in [2.24, 2.45) is 0 Å². The molecule has 0 N–H and O–H groups in total. The maximum absolute atomic E-state index is 13.3. The van der Waals surface area contributed by atoms with E-state index in [0.717, 1.165) is 17.9 Å². The van der Waals surface area contributed by atoms with Gasteiger partial charge in [-0.1, -0.05) is 45.0 Å². The zero-order chi connectivity index (χ0) is 23.0. The van der Waals surface area contributed by atoms with Gasteiger partial charge in [0.1, 0.15) is 5.82 Å². The maximum atomic E-state index is 13.3. The Hall–Kier alpha value is -3.14. The van der Waals surface area contributed by atoms with Crippen LogP contribution in [0.2, 0.25) is 0 Å². The lowest BCUT2D eigenvalue weighted by Gasteiger charge is -2.21. The molecule has 166 valence electrons. The van der Waals surface area contributed by atoms with Crippen molar-refractivity contribution in [1.29, 1.82) is 0 Å². The van der Waals surface area contributed by atoms with Gasteiger partial charge in [-0.2, -0.15) is 0 Å². The molecular formula is C28H32FN3. The standard InChI is InChI=1S/C28H32FN3/c1-19-20(2)32(17-21-7-9-22(10-8-21)28(3,4)5)27-25(19)15-16-30-26(27)18-31(6)24-13-11-23(29)12-14-24/h7-16H,17-18H2,1-6H3. The normalized spacial score (nSPS) is 11.8. The Bertz CT molecular complexity index is 1230. The van der Waals surface area contributed by atoms with Gasteiger partial charge in [-0.05, 0) is 66.3 Å². The fourth-order valence-electron chi connectivity index (χ4n) is 4.28. The number of rotatable bonds is 5. The molecule has 0 saturated heterocycles. The Morgan fingerprint density at radius 2 is 1.59 bits per heavy atom. The molecule has 3 nitrogen and oxygen atoms in total. The van der Waals surface area contributed by atoms with Gasteiger partial charge in [0.05, 0.1) is 17.8 Å². The molecule has 2 aromatic heterocycles. The second-order valence-electron chi connectivity index (χ2n) is 9.73. The molecule has 0 spiro atoms. The molecule has 0 aliphatic carbocycles. The highest BCUT2D eigenvalue weighted by molar-refractivity contribution is 5.87. The van der Waals surface area contributed by atoms with E-state index in [9.17, 15) is 4.39 Å². The number of halogens is 1. The predicted molar refractivity (Wildman–Crippen MR) is 132 cm³/mol. The summed E-state index contributed by atoms with van der Waals surface area (Å²) in [5.41, 5.74) is 8.49. The van der Waals surface area contributed by atoms with Gasteiger partial charge in [0.15, 0.2) is 0 Å². The van der Waals surface area contributed by atoms with Crippen LogP contribution in [0.5, 0.6) is 0 Å². The van der Waals surface area contributed by atoms with E-state index < -0.39 is 0 Å². The molecule has 32 heavy (non-hydrogen) atoms. The summed E-state index contributed by atoms with van der Waals surface area (Å²) in [5.74, 6) is -0.222. The average Bonchev–Trinajstić information content (AvgIpc) is 3.00. The van der Waals surface area contributed by atoms with Gasteiger partial charge in [-0.15, -0.1) is 0 Å². The second-order valence-corrected chi connectivity index (χ2v) is 9.73. The zero-order valence-electron chi connectivity index (χ0n) is 19.9. The first kappa shape index (κ1) is 22.1. The molecule has 0 aliphatic heterocycles. The minimum atomic E-state index is -0.222. The summed E-state index contributed by atoms with van der Waals surface area (Å²) < 4.78 is 15.7. The Kier molecular flexibility index (Phi) is 5.81. The molecule has 0 aliphatic rings. The van der Waals surface area contributed by atoms with E-state index in [-0.39, 0.29) is 11.2 Å². The SMILES string of the molecule is Cc1c(C)n(Cc2ccc(C(C)(C)C)cc2)c2c(CN(C)c3ccc(F)cc3)nccc12. The quantitative estimate of drug-likeness (QED) is 0.349. The Balaban J connectivity index is 1.71. The minimum Gasteiger partial charge on any atom is -0.369 e. The summed E-state index contributed by atoms with van der Waals surface area (Å²) in [6.45, 7) is 12.5. The van der Waals surface area contributed by atoms with Gasteiger partial charge in [0.25, 0.3) is 0 Å². The molecule has 4 heteroatoms. The van der Waals surface area contributed by atoms with Gasteiger partial charge >= 0.3 is 0 Å². The van der Waals surface area contributed by atoms with Crippen LogP contribution in [0, 0.1) is 19.7 Å². The lowest BCUT2D eigenvalue weighted by Crippen LogP contribution is -2.18. The molecule has 0 unspecified atom stereocenters. The fraction of sp³-hybridized carbons (Fsp3) is 0.321. The summed E-state index contributed by atoms with van der Waals surface area (Å²) in [6, 6.07) is 17.7. The summed E-state index contributed by atoms with van der Waals surface area (Å²) in [6.07, 6.45) is 1.89. The van der Waals surface area contributed by atoms with Crippen molar-refractivity contribution < 1.29 is 4.39 Å². The number of hydrogen-bond donors (Lipinski definition) is 0. The molecule has 0 bridgehead atoms. The third-order valence-electron chi connectivity index (χ3n) is 6.44. The van der Waals surface area contributed by atoms with Crippen LogP contribution in [-0.2, 0) is 18.5 Å². The molecule has 4 rings (SSSR count). The van der Waals surface area contributed by atoms with Gasteiger partial charge in [-0.25, -0.2) is 4.39 Å². The molecular weight excluding hydrogens is 397 g/mol.